The average molecular weight is 198 g/mol. The maximum atomic E-state index is 13.0. The molecule has 1 aromatic carbocycles. The maximum Gasteiger partial charge on any atom is 0.306 e. The van der Waals surface area contributed by atoms with Crippen LogP contribution in [0.2, 0.25) is 0 Å². The van der Waals surface area contributed by atoms with E-state index in [1.807, 2.05) is 0 Å². The number of nitrogens with two attached hydrogens (primary N) is 1. The predicted molar refractivity (Wildman–Crippen MR) is 47.5 cm³/mol. The first-order valence-electron chi connectivity index (χ1n) is 3.68. The molecule has 0 aromatic heterocycles. The van der Waals surface area contributed by atoms with E-state index in [1.165, 1.54) is 6.92 Å². The van der Waals surface area contributed by atoms with Crippen molar-refractivity contribution < 1.29 is 14.1 Å². The van der Waals surface area contributed by atoms with Crippen LogP contribution in [0.3, 0.4) is 0 Å². The fourth-order valence-electron chi connectivity index (χ4n) is 1.02. The minimum Gasteiger partial charge on any atom is -0.398 e. The lowest BCUT2D eigenvalue weighted by Gasteiger charge is -2.01. The fourth-order valence-corrected chi connectivity index (χ4v) is 1.02. The third kappa shape index (κ3) is 1.68. The summed E-state index contributed by atoms with van der Waals surface area (Å²) >= 11 is 0. The highest BCUT2D eigenvalue weighted by Gasteiger charge is 2.18. The molecule has 0 saturated carbocycles. The maximum absolute atomic E-state index is 13.0. The van der Waals surface area contributed by atoms with Crippen LogP contribution in [0.4, 0.5) is 15.8 Å². The van der Waals surface area contributed by atoms with Crippen molar-refractivity contribution in [1.82, 2.24) is 0 Å². The Labute approximate surface area is 78.5 Å². The molecule has 0 bridgehead atoms. The van der Waals surface area contributed by atoms with E-state index in [-0.39, 0.29) is 11.3 Å². The lowest BCUT2D eigenvalue weighted by atomic mass is 10.1. The van der Waals surface area contributed by atoms with Gasteiger partial charge in [0.15, 0.2) is 5.78 Å². The van der Waals surface area contributed by atoms with Gasteiger partial charge < -0.3 is 5.73 Å². The molecule has 2 N–H and O–H groups in total. The Kier molecular flexibility index (Phi) is 2.46. The van der Waals surface area contributed by atoms with E-state index in [0.29, 0.717) is 0 Å². The molecule has 0 fully saturated rings. The molecule has 6 heteroatoms. The molecule has 0 atom stereocenters. The Bertz CT molecular complexity index is 378. The van der Waals surface area contributed by atoms with E-state index in [4.69, 9.17) is 5.73 Å². The highest BCUT2D eigenvalue weighted by molar-refractivity contribution is 5.99. The summed E-state index contributed by atoms with van der Waals surface area (Å²) in [5.41, 5.74) is 4.47. The highest BCUT2D eigenvalue weighted by atomic mass is 19.1. The Balaban J connectivity index is 3.38. The van der Waals surface area contributed by atoms with E-state index < -0.39 is 22.2 Å². The van der Waals surface area contributed by atoms with Crippen LogP contribution in [0.1, 0.15) is 17.3 Å². The van der Waals surface area contributed by atoms with Crippen molar-refractivity contribution in [3.05, 3.63) is 33.6 Å². The summed E-state index contributed by atoms with van der Waals surface area (Å²) < 4.78 is 13.0. The van der Waals surface area contributed by atoms with Crippen LogP contribution in [0, 0.1) is 15.9 Å². The largest absolute Gasteiger partial charge is 0.398 e. The number of nitrogens with zero attached hydrogens (tertiary/aromatic N) is 1. The van der Waals surface area contributed by atoms with E-state index in [9.17, 15) is 19.3 Å². The molecule has 1 rings (SSSR count). The van der Waals surface area contributed by atoms with Gasteiger partial charge in [0.1, 0.15) is 0 Å². The number of Topliss-reactive ketones (excluding diaryl/α,β-unsaturated/α-hetero) is 1. The van der Waals surface area contributed by atoms with Crippen molar-refractivity contribution in [1.29, 1.82) is 0 Å². The molecule has 0 heterocycles. The number of carbonyl (C=O) groups excluding carboxylic acids is 1. The molecular formula is C8H7FN2O3. The number of hydrogen-bond donors (Lipinski definition) is 1. The number of nitro benzene ring substituents is 1. The fraction of sp³-hybridized carbons (Fsp3) is 0.125. The normalized spacial score (nSPS) is 9.86. The molecule has 0 aliphatic rings. The Hall–Kier alpha value is -1.98. The summed E-state index contributed by atoms with van der Waals surface area (Å²) in [5, 5.41) is 10.3. The summed E-state index contributed by atoms with van der Waals surface area (Å²) in [7, 11) is 0. The summed E-state index contributed by atoms with van der Waals surface area (Å²) in [6, 6.07) is 1.61. The van der Waals surface area contributed by atoms with Crippen molar-refractivity contribution >= 4 is 17.2 Å². The SMILES string of the molecule is CC(=O)c1cc(F)c([N+](=O)[O-])cc1N. The second-order valence-electron chi connectivity index (χ2n) is 2.70. The molecule has 14 heavy (non-hydrogen) atoms. The predicted octanol–water partition coefficient (Wildman–Crippen LogP) is 1.52. The van der Waals surface area contributed by atoms with Crippen molar-refractivity contribution in [2.75, 3.05) is 5.73 Å². The summed E-state index contributed by atoms with van der Waals surface area (Å²) in [4.78, 5) is 20.3. The third-order valence-corrected chi connectivity index (χ3v) is 1.69. The van der Waals surface area contributed by atoms with Crippen LogP contribution in [0.5, 0.6) is 0 Å². The van der Waals surface area contributed by atoms with Crippen LogP contribution in [-0.2, 0) is 0 Å². The second-order valence-corrected chi connectivity index (χ2v) is 2.70. The Morgan fingerprint density at radius 3 is 2.57 bits per heavy atom. The van der Waals surface area contributed by atoms with Crippen molar-refractivity contribution in [3.8, 4) is 0 Å². The quantitative estimate of drug-likeness (QED) is 0.338. The van der Waals surface area contributed by atoms with E-state index in [2.05, 4.69) is 0 Å². The van der Waals surface area contributed by atoms with Gasteiger partial charge >= 0.3 is 5.69 Å². The van der Waals surface area contributed by atoms with Crippen LogP contribution >= 0.6 is 0 Å². The van der Waals surface area contributed by atoms with Crippen molar-refractivity contribution in [3.63, 3.8) is 0 Å². The first kappa shape index (κ1) is 10.1. The van der Waals surface area contributed by atoms with Gasteiger partial charge in [0.25, 0.3) is 0 Å². The standard InChI is InChI=1S/C8H7FN2O3/c1-4(12)5-2-6(9)8(11(13)14)3-7(5)10/h2-3H,10H2,1H3. The summed E-state index contributed by atoms with van der Waals surface area (Å²) in [6.45, 7) is 1.21. The minimum atomic E-state index is -1.06. The Morgan fingerprint density at radius 2 is 2.14 bits per heavy atom. The van der Waals surface area contributed by atoms with Crippen molar-refractivity contribution in [2.24, 2.45) is 0 Å². The number of carbonyl (C=O) groups is 1. The molecule has 0 spiro atoms. The van der Waals surface area contributed by atoms with Gasteiger partial charge in [0.2, 0.25) is 5.82 Å². The van der Waals surface area contributed by atoms with Gasteiger partial charge in [-0.1, -0.05) is 0 Å². The van der Waals surface area contributed by atoms with Crippen LogP contribution < -0.4 is 5.73 Å². The number of benzene rings is 1. The zero-order chi connectivity index (χ0) is 10.9. The number of nitrogen functional groups attached to an aromatic ring is 1. The molecule has 1 aromatic rings. The number of anilines is 1. The second kappa shape index (κ2) is 3.41. The molecule has 5 nitrogen and oxygen atoms in total. The Morgan fingerprint density at radius 1 is 1.57 bits per heavy atom. The summed E-state index contributed by atoms with van der Waals surface area (Å²) in [5.74, 6) is -1.49. The molecule has 0 aliphatic carbocycles. The number of rotatable bonds is 2. The first-order valence-corrected chi connectivity index (χ1v) is 3.68. The first-order chi connectivity index (χ1) is 6.43. The molecule has 0 aliphatic heterocycles. The van der Waals surface area contributed by atoms with Gasteiger partial charge in [-0.3, -0.25) is 14.9 Å². The molecule has 74 valence electrons. The van der Waals surface area contributed by atoms with Gasteiger partial charge in [0.05, 0.1) is 4.92 Å². The number of nitro groups is 1. The van der Waals surface area contributed by atoms with Crippen molar-refractivity contribution in [2.45, 2.75) is 6.92 Å². The van der Waals surface area contributed by atoms with Gasteiger partial charge in [-0.25, -0.2) is 0 Å². The summed E-state index contributed by atoms with van der Waals surface area (Å²) in [6.07, 6.45) is 0. The highest BCUT2D eigenvalue weighted by Crippen LogP contribution is 2.24. The minimum absolute atomic E-state index is 0.0481. The number of halogens is 1. The number of ketones is 1. The van der Waals surface area contributed by atoms with Gasteiger partial charge in [-0.05, 0) is 13.0 Å². The lowest BCUT2D eigenvalue weighted by Crippen LogP contribution is -2.03. The van der Waals surface area contributed by atoms with E-state index >= 15 is 0 Å². The average Bonchev–Trinajstić information content (AvgIpc) is 2.07. The molecule has 0 amide bonds. The third-order valence-electron chi connectivity index (χ3n) is 1.69. The van der Waals surface area contributed by atoms with Crippen LogP contribution in [-0.4, -0.2) is 10.7 Å². The monoisotopic (exact) mass is 198 g/mol. The van der Waals surface area contributed by atoms with Crippen LogP contribution in [0.25, 0.3) is 0 Å². The zero-order valence-corrected chi connectivity index (χ0v) is 7.28. The topological polar surface area (TPSA) is 86.2 Å². The van der Waals surface area contributed by atoms with Gasteiger partial charge in [-0.15, -0.1) is 0 Å². The molecule has 0 unspecified atom stereocenters. The molecule has 0 saturated heterocycles. The molecule has 0 radical (unpaired) electrons. The molecular weight excluding hydrogens is 191 g/mol. The van der Waals surface area contributed by atoms with E-state index in [1.54, 1.807) is 0 Å². The lowest BCUT2D eigenvalue weighted by molar-refractivity contribution is -0.387. The van der Waals surface area contributed by atoms with E-state index in [0.717, 1.165) is 12.1 Å². The zero-order valence-electron chi connectivity index (χ0n) is 7.28. The van der Waals surface area contributed by atoms with Gasteiger partial charge in [-0.2, -0.15) is 4.39 Å². The van der Waals surface area contributed by atoms with Crippen LogP contribution in [0.15, 0.2) is 12.1 Å². The van der Waals surface area contributed by atoms with Gasteiger partial charge in [0, 0.05) is 17.3 Å². The smallest absolute Gasteiger partial charge is 0.306 e. The number of hydrogen-bond acceptors (Lipinski definition) is 4.